The third-order valence-corrected chi connectivity index (χ3v) is 6.11. The zero-order chi connectivity index (χ0) is 11.2. The first-order valence-corrected chi connectivity index (χ1v) is 7.06. The van der Waals surface area contributed by atoms with E-state index < -0.39 is 0 Å². The minimum atomic E-state index is 0.787. The lowest BCUT2D eigenvalue weighted by Gasteiger charge is -2.21. The Labute approximate surface area is 95.8 Å². The van der Waals surface area contributed by atoms with Gasteiger partial charge < -0.3 is 0 Å². The Balaban J connectivity index is 2.07. The molecule has 0 bridgehead atoms. The molecule has 2 aliphatic rings. The summed E-state index contributed by atoms with van der Waals surface area (Å²) >= 11 is 0. The zero-order valence-electron chi connectivity index (χ0n) is 11.2. The zero-order valence-corrected chi connectivity index (χ0v) is 11.2. The van der Waals surface area contributed by atoms with Crippen molar-refractivity contribution >= 4 is 0 Å². The van der Waals surface area contributed by atoms with E-state index in [1.54, 1.807) is 12.8 Å². The average Bonchev–Trinajstić information content (AvgIpc) is 2.93. The molecule has 0 radical (unpaired) electrons. The van der Waals surface area contributed by atoms with Crippen LogP contribution in [0.3, 0.4) is 0 Å². The molecular weight excluding hydrogens is 180 g/mol. The van der Waals surface area contributed by atoms with Gasteiger partial charge in [0.15, 0.2) is 0 Å². The van der Waals surface area contributed by atoms with Crippen molar-refractivity contribution in [3.8, 4) is 0 Å². The molecular formula is C15H28. The van der Waals surface area contributed by atoms with Crippen molar-refractivity contribution in [1.82, 2.24) is 0 Å². The summed E-state index contributed by atoms with van der Waals surface area (Å²) in [4.78, 5) is 0. The van der Waals surface area contributed by atoms with Crippen molar-refractivity contribution in [2.45, 2.75) is 60.3 Å². The molecule has 0 aliphatic heterocycles. The minimum Gasteiger partial charge on any atom is -0.0651 e. The van der Waals surface area contributed by atoms with E-state index in [2.05, 4.69) is 34.6 Å². The fourth-order valence-electron chi connectivity index (χ4n) is 4.47. The van der Waals surface area contributed by atoms with Gasteiger partial charge in [0.2, 0.25) is 0 Å². The first-order chi connectivity index (χ1) is 7.06. The van der Waals surface area contributed by atoms with Crippen molar-refractivity contribution in [2.24, 2.45) is 35.0 Å². The number of hydrogen-bond donors (Lipinski definition) is 0. The van der Waals surface area contributed by atoms with Gasteiger partial charge in [0.25, 0.3) is 0 Å². The van der Waals surface area contributed by atoms with E-state index in [1.807, 2.05) is 0 Å². The summed E-state index contributed by atoms with van der Waals surface area (Å²) in [5, 5.41) is 0. The molecule has 1 spiro atoms. The summed E-state index contributed by atoms with van der Waals surface area (Å²) in [6.07, 6.45) is 5.87. The van der Waals surface area contributed by atoms with Crippen LogP contribution in [0, 0.1) is 35.0 Å². The maximum Gasteiger partial charge on any atom is -0.0232 e. The molecule has 2 rings (SSSR count). The highest BCUT2D eigenvalue weighted by molar-refractivity contribution is 5.12. The molecule has 2 saturated carbocycles. The van der Waals surface area contributed by atoms with Crippen molar-refractivity contribution in [3.05, 3.63) is 0 Å². The van der Waals surface area contributed by atoms with Crippen LogP contribution in [0.4, 0.5) is 0 Å². The largest absolute Gasteiger partial charge is 0.0651 e. The second-order valence-electron chi connectivity index (χ2n) is 6.45. The highest BCUT2D eigenvalue weighted by atomic mass is 14.7. The predicted molar refractivity (Wildman–Crippen MR) is 66.7 cm³/mol. The van der Waals surface area contributed by atoms with E-state index in [-0.39, 0.29) is 0 Å². The van der Waals surface area contributed by atoms with Crippen molar-refractivity contribution in [3.63, 3.8) is 0 Å². The summed E-state index contributed by atoms with van der Waals surface area (Å²) in [7, 11) is 0. The molecule has 6 unspecified atom stereocenters. The highest BCUT2D eigenvalue weighted by Crippen LogP contribution is 2.71. The van der Waals surface area contributed by atoms with Gasteiger partial charge in [-0.3, -0.25) is 0 Å². The van der Waals surface area contributed by atoms with Crippen molar-refractivity contribution in [2.75, 3.05) is 0 Å². The van der Waals surface area contributed by atoms with Crippen LogP contribution in [0.1, 0.15) is 60.3 Å². The molecule has 2 fully saturated rings. The van der Waals surface area contributed by atoms with Crippen LogP contribution in [0.15, 0.2) is 0 Å². The molecule has 6 atom stereocenters. The van der Waals surface area contributed by atoms with Crippen LogP contribution < -0.4 is 0 Å². The average molecular weight is 208 g/mol. The minimum absolute atomic E-state index is 0.787. The Morgan fingerprint density at radius 1 is 1.20 bits per heavy atom. The summed E-state index contributed by atoms with van der Waals surface area (Å²) in [5.74, 6) is 5.02. The Hall–Kier alpha value is 0. The molecule has 0 amide bonds. The Kier molecular flexibility index (Phi) is 2.90. The predicted octanol–water partition coefficient (Wildman–Crippen LogP) is 4.74. The van der Waals surface area contributed by atoms with Crippen LogP contribution in [0.5, 0.6) is 0 Å². The topological polar surface area (TPSA) is 0 Å². The van der Waals surface area contributed by atoms with Crippen molar-refractivity contribution in [1.29, 1.82) is 0 Å². The van der Waals surface area contributed by atoms with E-state index in [0.29, 0.717) is 0 Å². The van der Waals surface area contributed by atoms with E-state index in [1.165, 1.54) is 12.8 Å². The fourth-order valence-corrected chi connectivity index (χ4v) is 4.47. The van der Waals surface area contributed by atoms with E-state index in [9.17, 15) is 0 Å². The van der Waals surface area contributed by atoms with Gasteiger partial charge in [0.05, 0.1) is 0 Å². The lowest BCUT2D eigenvalue weighted by atomic mass is 9.84. The summed E-state index contributed by atoms with van der Waals surface area (Å²) in [6.45, 7) is 12.2. The fraction of sp³-hybridized carbons (Fsp3) is 1.00. The number of rotatable bonds is 3. The van der Waals surface area contributed by atoms with Crippen LogP contribution in [-0.2, 0) is 0 Å². The molecule has 88 valence electrons. The van der Waals surface area contributed by atoms with Gasteiger partial charge in [-0.25, -0.2) is 0 Å². The Bertz CT molecular complexity index is 232. The van der Waals surface area contributed by atoms with Gasteiger partial charge in [0.1, 0.15) is 0 Å². The van der Waals surface area contributed by atoms with Gasteiger partial charge in [0, 0.05) is 0 Å². The van der Waals surface area contributed by atoms with Crippen LogP contribution in [-0.4, -0.2) is 0 Å². The summed E-state index contributed by atoms with van der Waals surface area (Å²) in [6, 6.07) is 0. The normalized spacial score (nSPS) is 51.0. The first kappa shape index (κ1) is 11.5. The van der Waals surface area contributed by atoms with E-state index in [4.69, 9.17) is 0 Å². The highest BCUT2D eigenvalue weighted by Gasteiger charge is 2.63. The van der Waals surface area contributed by atoms with Crippen LogP contribution in [0.25, 0.3) is 0 Å². The smallest absolute Gasteiger partial charge is 0.0232 e. The van der Waals surface area contributed by atoms with Gasteiger partial charge in [-0.05, 0) is 47.8 Å². The molecule has 0 aromatic carbocycles. The van der Waals surface area contributed by atoms with E-state index >= 15 is 0 Å². The number of hydrogen-bond acceptors (Lipinski definition) is 0. The molecule has 0 saturated heterocycles. The molecule has 0 nitrogen and oxygen atoms in total. The lowest BCUT2D eigenvalue weighted by Crippen LogP contribution is -2.15. The molecule has 0 N–H and O–H groups in total. The molecule has 15 heavy (non-hydrogen) atoms. The second-order valence-corrected chi connectivity index (χ2v) is 6.45. The van der Waals surface area contributed by atoms with Gasteiger partial charge >= 0.3 is 0 Å². The van der Waals surface area contributed by atoms with Gasteiger partial charge in [-0.15, -0.1) is 0 Å². The maximum atomic E-state index is 2.53. The van der Waals surface area contributed by atoms with Crippen LogP contribution >= 0.6 is 0 Å². The van der Waals surface area contributed by atoms with Crippen LogP contribution in [0.2, 0.25) is 0 Å². The Morgan fingerprint density at radius 3 is 2.33 bits per heavy atom. The standard InChI is InChI=1S/C15H28/c1-6-10(3)14-9-15(14)8-13(7-2)11(4)12(15)5/h10-14H,6-9H2,1-5H3. The quantitative estimate of drug-likeness (QED) is 0.628. The van der Waals surface area contributed by atoms with Gasteiger partial charge in [-0.2, -0.15) is 0 Å². The summed E-state index contributed by atoms with van der Waals surface area (Å²) in [5.41, 5.74) is 0.787. The second kappa shape index (κ2) is 3.79. The molecule has 0 aromatic heterocycles. The summed E-state index contributed by atoms with van der Waals surface area (Å²) < 4.78 is 0. The van der Waals surface area contributed by atoms with E-state index in [0.717, 1.165) is 35.0 Å². The first-order valence-electron chi connectivity index (χ1n) is 7.06. The monoisotopic (exact) mass is 208 g/mol. The van der Waals surface area contributed by atoms with Gasteiger partial charge in [-0.1, -0.05) is 47.5 Å². The Morgan fingerprint density at radius 2 is 1.87 bits per heavy atom. The molecule has 0 heteroatoms. The third-order valence-electron chi connectivity index (χ3n) is 6.11. The maximum absolute atomic E-state index is 2.53. The molecule has 2 aliphatic carbocycles. The molecule has 0 heterocycles. The van der Waals surface area contributed by atoms with Crippen molar-refractivity contribution < 1.29 is 0 Å². The lowest BCUT2D eigenvalue weighted by molar-refractivity contribution is 0.273. The SMILES string of the molecule is CCC(C)C1CC12CC(CC)C(C)C2C. The third kappa shape index (κ3) is 1.56. The molecule has 0 aromatic rings.